The lowest BCUT2D eigenvalue weighted by molar-refractivity contribution is -0.142. The zero-order valence-electron chi connectivity index (χ0n) is 16.5. The maximum absolute atomic E-state index is 14.3. The molecule has 2 heterocycles. The number of pyridine rings is 1. The number of alkyl halides is 3. The Kier molecular flexibility index (Phi) is 4.93. The first-order valence-electron chi connectivity index (χ1n) is 9.19. The quantitative estimate of drug-likeness (QED) is 0.334. The number of hydrogen-bond donors (Lipinski definition) is 0. The molecule has 2 aromatic carbocycles. The minimum absolute atomic E-state index is 0.0534. The molecule has 4 aromatic rings. The first-order valence-corrected chi connectivity index (χ1v) is 9.19. The van der Waals surface area contributed by atoms with E-state index in [0.717, 1.165) is 11.5 Å². The van der Waals surface area contributed by atoms with E-state index in [4.69, 9.17) is 4.74 Å². The fraction of sp³-hybridized carbons (Fsp3) is 0.130. The predicted molar refractivity (Wildman–Crippen MR) is 108 cm³/mol. The normalized spacial score (nSPS) is 11.6. The predicted octanol–water partition coefficient (Wildman–Crippen LogP) is 5.14. The van der Waals surface area contributed by atoms with Gasteiger partial charge in [0.1, 0.15) is 17.0 Å². The van der Waals surface area contributed by atoms with Crippen LogP contribution in [0.5, 0.6) is 5.75 Å². The number of halogens is 3. The van der Waals surface area contributed by atoms with Gasteiger partial charge in [-0.3, -0.25) is 4.79 Å². The largest absolute Gasteiger partial charge is 0.496 e. The van der Waals surface area contributed by atoms with Gasteiger partial charge in [-0.05, 0) is 24.3 Å². The van der Waals surface area contributed by atoms with E-state index in [9.17, 15) is 22.8 Å². The molecular weight excluding hydrogens is 411 g/mol. The van der Waals surface area contributed by atoms with Gasteiger partial charge < -0.3 is 13.9 Å². The number of rotatable bonds is 4. The number of benzene rings is 2. The molecule has 2 aromatic heterocycles. The lowest BCUT2D eigenvalue weighted by Gasteiger charge is -2.13. The van der Waals surface area contributed by atoms with Crippen LogP contribution in [0.25, 0.3) is 16.4 Å². The fourth-order valence-electron chi connectivity index (χ4n) is 3.77. The third-order valence-electron chi connectivity index (χ3n) is 5.04. The number of fused-ring (bicyclic) bond motifs is 3. The molecule has 0 radical (unpaired) electrons. The highest BCUT2D eigenvalue weighted by Crippen LogP contribution is 2.41. The zero-order chi connectivity index (χ0) is 22.3. The van der Waals surface area contributed by atoms with Crippen LogP contribution in [0.1, 0.15) is 32.0 Å². The molecule has 0 atom stereocenters. The van der Waals surface area contributed by atoms with Crippen molar-refractivity contribution in [1.82, 2.24) is 4.40 Å². The number of ketones is 1. The molecule has 0 N–H and O–H groups in total. The summed E-state index contributed by atoms with van der Waals surface area (Å²) in [6.45, 7) is 0. The molecule has 31 heavy (non-hydrogen) atoms. The van der Waals surface area contributed by atoms with E-state index in [-0.39, 0.29) is 22.2 Å². The molecule has 4 rings (SSSR count). The van der Waals surface area contributed by atoms with Crippen LogP contribution < -0.4 is 4.74 Å². The average Bonchev–Trinajstić information content (AvgIpc) is 3.14. The smallest absolute Gasteiger partial charge is 0.432 e. The fourth-order valence-corrected chi connectivity index (χ4v) is 3.77. The van der Waals surface area contributed by atoms with Crippen LogP contribution in [0.3, 0.4) is 0 Å². The average molecular weight is 427 g/mol. The van der Waals surface area contributed by atoms with Crippen LogP contribution in [0.4, 0.5) is 13.2 Å². The second-order valence-electron chi connectivity index (χ2n) is 6.73. The summed E-state index contributed by atoms with van der Waals surface area (Å²) in [6.07, 6.45) is -4.95. The van der Waals surface area contributed by atoms with E-state index in [1.807, 2.05) is 0 Å². The lowest BCUT2D eigenvalue weighted by atomic mass is 9.99. The highest BCUT2D eigenvalue weighted by Gasteiger charge is 2.43. The van der Waals surface area contributed by atoms with Gasteiger partial charge in [-0.25, -0.2) is 4.79 Å². The lowest BCUT2D eigenvalue weighted by Crippen LogP contribution is -2.17. The topological polar surface area (TPSA) is 57.0 Å². The number of ether oxygens (including phenoxy) is 2. The van der Waals surface area contributed by atoms with Crippen LogP contribution >= 0.6 is 0 Å². The Bertz CT molecular complexity index is 1320. The van der Waals surface area contributed by atoms with Gasteiger partial charge in [0.15, 0.2) is 5.78 Å². The Morgan fingerprint density at radius 1 is 0.839 bits per heavy atom. The molecule has 0 amide bonds. The summed E-state index contributed by atoms with van der Waals surface area (Å²) in [5.74, 6) is -1.60. The van der Waals surface area contributed by atoms with Crippen LogP contribution in [-0.4, -0.2) is 30.4 Å². The maximum atomic E-state index is 14.3. The van der Waals surface area contributed by atoms with Gasteiger partial charge in [0, 0.05) is 10.9 Å². The van der Waals surface area contributed by atoms with E-state index < -0.39 is 29.2 Å². The summed E-state index contributed by atoms with van der Waals surface area (Å²) in [4.78, 5) is 25.8. The van der Waals surface area contributed by atoms with Crippen LogP contribution in [-0.2, 0) is 10.9 Å². The molecular formula is C23H16F3NO4. The highest BCUT2D eigenvalue weighted by atomic mass is 19.4. The molecule has 0 aliphatic rings. The number of aromatic nitrogens is 1. The van der Waals surface area contributed by atoms with Crippen LogP contribution in [0.15, 0.2) is 60.7 Å². The maximum Gasteiger partial charge on any atom is 0.432 e. The van der Waals surface area contributed by atoms with Gasteiger partial charge in [-0.15, -0.1) is 0 Å². The summed E-state index contributed by atoms with van der Waals surface area (Å²) in [7, 11) is 2.38. The number of carbonyl (C=O) groups excluding carboxylic acids is 2. The summed E-state index contributed by atoms with van der Waals surface area (Å²) < 4.78 is 53.7. The van der Waals surface area contributed by atoms with E-state index >= 15 is 0 Å². The van der Waals surface area contributed by atoms with Crippen molar-refractivity contribution in [3.63, 3.8) is 0 Å². The van der Waals surface area contributed by atoms with Crippen LogP contribution in [0, 0.1) is 0 Å². The summed E-state index contributed by atoms with van der Waals surface area (Å²) >= 11 is 0. The number of nitrogens with zero attached hydrogens (tertiary/aromatic N) is 1. The summed E-state index contributed by atoms with van der Waals surface area (Å²) in [5, 5.41) is 0.396. The molecule has 0 spiro atoms. The molecule has 0 aliphatic heterocycles. The molecule has 0 fully saturated rings. The summed E-state index contributed by atoms with van der Waals surface area (Å²) in [6, 6.07) is 15.4. The molecule has 5 nitrogen and oxygen atoms in total. The molecule has 0 bridgehead atoms. The Morgan fingerprint density at radius 2 is 1.55 bits per heavy atom. The molecule has 8 heteroatoms. The first kappa shape index (κ1) is 20.5. The van der Waals surface area contributed by atoms with Crippen molar-refractivity contribution in [2.45, 2.75) is 6.18 Å². The molecule has 0 unspecified atom stereocenters. The van der Waals surface area contributed by atoms with Gasteiger partial charge in [0.05, 0.1) is 30.8 Å². The number of esters is 1. The molecule has 0 aliphatic carbocycles. The third-order valence-corrected chi connectivity index (χ3v) is 5.04. The van der Waals surface area contributed by atoms with Crippen molar-refractivity contribution in [3.05, 3.63) is 83.0 Å². The molecule has 158 valence electrons. The van der Waals surface area contributed by atoms with Crippen molar-refractivity contribution in [3.8, 4) is 5.75 Å². The van der Waals surface area contributed by atoms with Crippen molar-refractivity contribution in [1.29, 1.82) is 0 Å². The Balaban J connectivity index is 2.23. The first-order chi connectivity index (χ1) is 14.8. The number of carbonyl (C=O) groups is 2. The van der Waals surface area contributed by atoms with Gasteiger partial charge in [-0.2, -0.15) is 13.2 Å². The van der Waals surface area contributed by atoms with Crippen LogP contribution in [0.2, 0.25) is 0 Å². The van der Waals surface area contributed by atoms with E-state index in [2.05, 4.69) is 4.74 Å². The van der Waals surface area contributed by atoms with E-state index in [1.54, 1.807) is 30.3 Å². The highest BCUT2D eigenvalue weighted by molar-refractivity contribution is 6.20. The summed E-state index contributed by atoms with van der Waals surface area (Å²) in [5.41, 5.74) is -2.22. The van der Waals surface area contributed by atoms with E-state index in [1.165, 1.54) is 37.4 Å². The van der Waals surface area contributed by atoms with Crippen molar-refractivity contribution in [2.24, 2.45) is 0 Å². The van der Waals surface area contributed by atoms with Gasteiger partial charge in [0.25, 0.3) is 0 Å². The van der Waals surface area contributed by atoms with Crippen molar-refractivity contribution in [2.75, 3.05) is 14.2 Å². The Morgan fingerprint density at radius 3 is 2.16 bits per heavy atom. The minimum atomic E-state index is -4.95. The molecule has 0 saturated heterocycles. The van der Waals surface area contributed by atoms with Crippen molar-refractivity contribution >= 4 is 28.2 Å². The Labute approximate surface area is 174 Å². The van der Waals surface area contributed by atoms with E-state index in [0.29, 0.717) is 11.1 Å². The Hall–Kier alpha value is -3.81. The SMILES string of the molecule is COC(=O)c1c(C(=O)c2ccccc2)c2ccc3c(OC)cccc3n2c1C(F)(F)F. The standard InChI is InChI=1S/C23H16F3NO4/c1-30-17-10-6-9-15-14(17)11-12-16-18(20(28)13-7-4-3-5-8-13)19(22(29)31-2)21(27(15)16)23(24,25)26/h3-12H,1-2H3. The van der Waals surface area contributed by atoms with Gasteiger partial charge in [-0.1, -0.05) is 36.4 Å². The minimum Gasteiger partial charge on any atom is -0.496 e. The molecule has 0 saturated carbocycles. The second-order valence-corrected chi connectivity index (χ2v) is 6.73. The number of hydrogen-bond acceptors (Lipinski definition) is 4. The van der Waals surface area contributed by atoms with Gasteiger partial charge >= 0.3 is 12.1 Å². The second kappa shape index (κ2) is 7.46. The monoisotopic (exact) mass is 427 g/mol. The third kappa shape index (κ3) is 3.20. The number of methoxy groups -OCH3 is 2. The van der Waals surface area contributed by atoms with Crippen molar-refractivity contribution < 1.29 is 32.2 Å². The zero-order valence-corrected chi connectivity index (χ0v) is 16.5. The van der Waals surface area contributed by atoms with Gasteiger partial charge in [0.2, 0.25) is 0 Å².